The molecule has 2 aliphatic heterocycles. The highest BCUT2D eigenvalue weighted by molar-refractivity contribution is 7.89. The fourth-order valence-electron chi connectivity index (χ4n) is 4.28. The number of nitrogens with zero attached hydrogens (tertiary/aromatic N) is 3. The molecule has 0 radical (unpaired) electrons. The van der Waals surface area contributed by atoms with Crippen molar-refractivity contribution in [3.8, 4) is 0 Å². The third kappa shape index (κ3) is 5.40. The summed E-state index contributed by atoms with van der Waals surface area (Å²) in [6.45, 7) is 12.2. The van der Waals surface area contributed by atoms with E-state index >= 15 is 0 Å². The zero-order chi connectivity index (χ0) is 21.9. The number of carbonyl (C=O) groups excluding carboxylic acids is 1. The molecule has 3 heterocycles. The van der Waals surface area contributed by atoms with Gasteiger partial charge in [0.2, 0.25) is 15.9 Å². The Balaban J connectivity index is 1.47. The predicted molar refractivity (Wildman–Crippen MR) is 111 cm³/mol. The second kappa shape index (κ2) is 9.76. The van der Waals surface area contributed by atoms with Crippen molar-refractivity contribution in [1.29, 1.82) is 0 Å². The fourth-order valence-corrected chi connectivity index (χ4v) is 6.04. The van der Waals surface area contributed by atoms with Gasteiger partial charge in [-0.3, -0.25) is 9.69 Å². The van der Waals surface area contributed by atoms with Crippen LogP contribution in [-0.2, 0) is 19.6 Å². The van der Waals surface area contributed by atoms with Gasteiger partial charge in [-0.25, -0.2) is 8.42 Å². The second-order valence-corrected chi connectivity index (χ2v) is 10.6. The van der Waals surface area contributed by atoms with Crippen LogP contribution in [0.2, 0.25) is 0 Å². The van der Waals surface area contributed by atoms with E-state index < -0.39 is 10.0 Å². The Bertz CT molecular complexity index is 811. The van der Waals surface area contributed by atoms with E-state index in [1.54, 1.807) is 13.8 Å². The third-order valence-corrected chi connectivity index (χ3v) is 7.88. The SMILES string of the molecule is Cc1noc(C)c1S(=O)(=O)N1CCC(C(=O)NCC2CN(CC(C)C)CCO2)CC1. The molecule has 1 atom stereocenters. The molecule has 10 heteroatoms. The number of rotatable bonds is 7. The molecule has 0 bridgehead atoms. The maximum absolute atomic E-state index is 12.9. The van der Waals surface area contributed by atoms with Crippen molar-refractivity contribution in [2.24, 2.45) is 11.8 Å². The lowest BCUT2D eigenvalue weighted by Crippen LogP contribution is -2.50. The number of carbonyl (C=O) groups is 1. The second-order valence-electron chi connectivity index (χ2n) is 8.72. The molecule has 1 aromatic rings. The van der Waals surface area contributed by atoms with E-state index in [0.717, 1.165) is 19.6 Å². The van der Waals surface area contributed by atoms with Crippen LogP contribution in [0.25, 0.3) is 0 Å². The van der Waals surface area contributed by atoms with Gasteiger partial charge in [0.15, 0.2) is 5.76 Å². The van der Waals surface area contributed by atoms with Crippen molar-refractivity contribution in [2.45, 2.75) is 51.5 Å². The molecular weight excluding hydrogens is 408 g/mol. The van der Waals surface area contributed by atoms with Crippen molar-refractivity contribution in [2.75, 3.05) is 45.9 Å². The summed E-state index contributed by atoms with van der Waals surface area (Å²) in [6.07, 6.45) is 1.00. The lowest BCUT2D eigenvalue weighted by molar-refractivity contribution is -0.127. The van der Waals surface area contributed by atoms with Gasteiger partial charge in [-0.15, -0.1) is 0 Å². The van der Waals surface area contributed by atoms with Crippen molar-refractivity contribution in [1.82, 2.24) is 19.7 Å². The quantitative estimate of drug-likeness (QED) is 0.676. The first-order valence-corrected chi connectivity index (χ1v) is 12.2. The van der Waals surface area contributed by atoms with Gasteiger partial charge in [0, 0.05) is 45.2 Å². The molecule has 0 aliphatic carbocycles. The molecule has 2 saturated heterocycles. The monoisotopic (exact) mass is 442 g/mol. The Morgan fingerprint density at radius 3 is 2.53 bits per heavy atom. The maximum atomic E-state index is 12.9. The number of amides is 1. The van der Waals surface area contributed by atoms with Crippen molar-refractivity contribution < 1.29 is 22.5 Å². The van der Waals surface area contributed by atoms with Crippen molar-refractivity contribution in [3.63, 3.8) is 0 Å². The fraction of sp³-hybridized carbons (Fsp3) is 0.800. The number of morpholine rings is 1. The van der Waals surface area contributed by atoms with Crippen LogP contribution >= 0.6 is 0 Å². The number of aryl methyl sites for hydroxylation is 2. The van der Waals surface area contributed by atoms with E-state index in [-0.39, 0.29) is 22.8 Å². The summed E-state index contributed by atoms with van der Waals surface area (Å²) in [4.78, 5) is 15.1. The first kappa shape index (κ1) is 23.2. The largest absolute Gasteiger partial charge is 0.374 e. The average molecular weight is 443 g/mol. The first-order chi connectivity index (χ1) is 14.2. The molecule has 1 unspecified atom stereocenters. The molecule has 0 aromatic carbocycles. The number of sulfonamides is 1. The number of piperidine rings is 1. The van der Waals surface area contributed by atoms with Gasteiger partial charge in [-0.2, -0.15) is 4.31 Å². The highest BCUT2D eigenvalue weighted by Crippen LogP contribution is 2.27. The highest BCUT2D eigenvalue weighted by atomic mass is 32.2. The molecule has 1 aromatic heterocycles. The van der Waals surface area contributed by atoms with E-state index in [2.05, 4.69) is 29.2 Å². The molecule has 30 heavy (non-hydrogen) atoms. The molecule has 2 aliphatic rings. The number of ether oxygens (including phenoxy) is 1. The number of nitrogens with one attached hydrogen (secondary N) is 1. The summed E-state index contributed by atoms with van der Waals surface area (Å²) in [5.41, 5.74) is 0.367. The van der Waals surface area contributed by atoms with Crippen LogP contribution in [0, 0.1) is 25.7 Å². The van der Waals surface area contributed by atoms with Gasteiger partial charge >= 0.3 is 0 Å². The summed E-state index contributed by atoms with van der Waals surface area (Å²) < 4.78 is 38.1. The Morgan fingerprint density at radius 1 is 1.23 bits per heavy atom. The van der Waals surface area contributed by atoms with Crippen LogP contribution in [0.15, 0.2) is 9.42 Å². The standard InChI is InChI=1S/C20H34N4O5S/c1-14(2)12-23-9-10-28-18(13-23)11-21-20(25)17-5-7-24(8-6-17)30(26,27)19-15(3)22-29-16(19)4/h14,17-18H,5-13H2,1-4H3,(H,21,25). The Kier molecular flexibility index (Phi) is 7.54. The van der Waals surface area contributed by atoms with Crippen LogP contribution in [0.4, 0.5) is 0 Å². The van der Waals surface area contributed by atoms with Crippen molar-refractivity contribution in [3.05, 3.63) is 11.5 Å². The van der Waals surface area contributed by atoms with E-state index in [1.165, 1.54) is 4.31 Å². The van der Waals surface area contributed by atoms with Gasteiger partial charge in [0.25, 0.3) is 0 Å². The summed E-state index contributed by atoms with van der Waals surface area (Å²) in [5.74, 6) is 0.696. The van der Waals surface area contributed by atoms with Gasteiger partial charge in [0.1, 0.15) is 10.6 Å². The van der Waals surface area contributed by atoms with Crippen molar-refractivity contribution >= 4 is 15.9 Å². The number of aromatic nitrogens is 1. The minimum absolute atomic E-state index is 0.00135. The summed E-state index contributed by atoms with van der Waals surface area (Å²) in [5, 5.41) is 6.76. The highest BCUT2D eigenvalue weighted by Gasteiger charge is 2.35. The molecule has 170 valence electrons. The zero-order valence-corrected chi connectivity index (χ0v) is 19.2. The molecule has 0 spiro atoms. The molecular formula is C20H34N4O5S. The molecule has 3 rings (SSSR count). The minimum atomic E-state index is -3.65. The van der Waals surface area contributed by atoms with Crippen LogP contribution in [0.3, 0.4) is 0 Å². The lowest BCUT2D eigenvalue weighted by Gasteiger charge is -2.34. The van der Waals surface area contributed by atoms with Crippen LogP contribution in [0.5, 0.6) is 0 Å². The Hall–Kier alpha value is -1.49. The summed E-state index contributed by atoms with van der Waals surface area (Å²) in [6, 6.07) is 0. The summed E-state index contributed by atoms with van der Waals surface area (Å²) >= 11 is 0. The molecule has 1 amide bonds. The topological polar surface area (TPSA) is 105 Å². The normalized spacial score (nSPS) is 22.5. The van der Waals surface area contributed by atoms with E-state index in [9.17, 15) is 13.2 Å². The van der Waals surface area contributed by atoms with E-state index in [0.29, 0.717) is 56.5 Å². The molecule has 9 nitrogen and oxygen atoms in total. The van der Waals surface area contributed by atoms with Gasteiger partial charge in [-0.1, -0.05) is 19.0 Å². The number of hydrogen-bond acceptors (Lipinski definition) is 7. The molecule has 1 N–H and O–H groups in total. The smallest absolute Gasteiger partial charge is 0.248 e. The van der Waals surface area contributed by atoms with Crippen LogP contribution < -0.4 is 5.32 Å². The average Bonchev–Trinajstić information content (AvgIpc) is 3.05. The lowest BCUT2D eigenvalue weighted by atomic mass is 9.97. The third-order valence-electron chi connectivity index (χ3n) is 5.74. The van der Waals surface area contributed by atoms with E-state index in [4.69, 9.17) is 9.26 Å². The Labute approximate surface area is 179 Å². The van der Waals surface area contributed by atoms with Gasteiger partial charge in [-0.05, 0) is 32.6 Å². The minimum Gasteiger partial charge on any atom is -0.374 e. The van der Waals surface area contributed by atoms with E-state index in [1.807, 2.05) is 0 Å². The van der Waals surface area contributed by atoms with Crippen LogP contribution in [-0.4, -0.2) is 80.7 Å². The summed E-state index contributed by atoms with van der Waals surface area (Å²) in [7, 11) is -3.65. The molecule has 2 fully saturated rings. The maximum Gasteiger partial charge on any atom is 0.248 e. The molecule has 0 saturated carbocycles. The zero-order valence-electron chi connectivity index (χ0n) is 18.4. The van der Waals surface area contributed by atoms with Gasteiger partial charge in [0.05, 0.1) is 12.7 Å². The first-order valence-electron chi connectivity index (χ1n) is 10.7. The Morgan fingerprint density at radius 2 is 1.93 bits per heavy atom. The van der Waals surface area contributed by atoms with Crippen LogP contribution in [0.1, 0.15) is 38.1 Å². The predicted octanol–water partition coefficient (Wildman–Crippen LogP) is 1.17. The van der Waals surface area contributed by atoms with Gasteiger partial charge < -0.3 is 14.6 Å². The number of hydrogen-bond donors (Lipinski definition) is 1.